The van der Waals surface area contributed by atoms with E-state index >= 15 is 0 Å². The minimum atomic E-state index is -4.42. The quantitative estimate of drug-likeness (QED) is 0.592. The van der Waals surface area contributed by atoms with Crippen molar-refractivity contribution in [3.05, 3.63) is 0 Å². The van der Waals surface area contributed by atoms with E-state index in [-0.39, 0.29) is 6.54 Å². The Hall–Kier alpha value is -0.780. The Kier molecular flexibility index (Phi) is 6.46. The fourth-order valence-corrected chi connectivity index (χ4v) is 2.21. The van der Waals surface area contributed by atoms with Gasteiger partial charge in [0.1, 0.15) is 6.42 Å². The largest absolute Gasteiger partial charge is 0.397 e. The Morgan fingerprint density at radius 1 is 1.06 bits per heavy atom. The highest BCUT2D eigenvalue weighted by Gasteiger charge is 2.30. The van der Waals surface area contributed by atoms with Crippen LogP contribution in [0.5, 0.6) is 0 Å². The molecule has 1 rings (SSSR count). The minimum absolute atomic E-state index is 0.255. The van der Waals surface area contributed by atoms with E-state index < -0.39 is 18.5 Å². The predicted octanol–water partition coefficient (Wildman–Crippen LogP) is 2.37. The molecule has 3 nitrogen and oxygen atoms in total. The molecular weight excluding hydrogens is 245 g/mol. The van der Waals surface area contributed by atoms with E-state index in [0.29, 0.717) is 12.6 Å². The highest BCUT2D eigenvalue weighted by Crippen LogP contribution is 2.19. The third-order valence-electron chi connectivity index (χ3n) is 3.10. The lowest BCUT2D eigenvalue weighted by Gasteiger charge is -2.16. The van der Waals surface area contributed by atoms with Gasteiger partial charge in [0.25, 0.3) is 0 Å². The molecule has 1 saturated carbocycles. The maximum Gasteiger partial charge on any atom is 0.397 e. The number of halogens is 3. The fourth-order valence-electron chi connectivity index (χ4n) is 2.21. The number of alkyl halides is 3. The average molecular weight is 266 g/mol. The van der Waals surface area contributed by atoms with Gasteiger partial charge in [-0.25, -0.2) is 0 Å². The molecular formula is C12H21F3N2O. The van der Waals surface area contributed by atoms with Gasteiger partial charge >= 0.3 is 6.18 Å². The summed E-state index contributed by atoms with van der Waals surface area (Å²) in [5, 5.41) is 5.56. The van der Waals surface area contributed by atoms with E-state index in [9.17, 15) is 18.0 Å². The Morgan fingerprint density at radius 3 is 2.22 bits per heavy atom. The molecule has 1 aliphatic carbocycles. The van der Waals surface area contributed by atoms with Crippen LogP contribution in [0.4, 0.5) is 13.2 Å². The molecule has 0 heterocycles. The standard InChI is InChI=1S/C12H21F3N2O/c13-12(14,15)9-11(18)17-8-7-16-10-5-3-1-2-4-6-10/h10,16H,1-9H2,(H,17,18). The third kappa shape index (κ3) is 7.53. The zero-order valence-corrected chi connectivity index (χ0v) is 10.5. The molecule has 18 heavy (non-hydrogen) atoms. The van der Waals surface area contributed by atoms with Crippen molar-refractivity contribution in [3.63, 3.8) is 0 Å². The van der Waals surface area contributed by atoms with Crippen molar-refractivity contribution in [2.24, 2.45) is 0 Å². The van der Waals surface area contributed by atoms with Crippen LogP contribution in [0.15, 0.2) is 0 Å². The molecule has 0 aromatic rings. The second-order valence-corrected chi connectivity index (χ2v) is 4.78. The fraction of sp³-hybridized carbons (Fsp3) is 0.917. The zero-order chi connectivity index (χ0) is 13.4. The summed E-state index contributed by atoms with van der Waals surface area (Å²) in [6.45, 7) is 0.791. The summed E-state index contributed by atoms with van der Waals surface area (Å²) in [4.78, 5) is 10.9. The summed E-state index contributed by atoms with van der Waals surface area (Å²) in [6, 6.07) is 0.451. The number of rotatable bonds is 5. The van der Waals surface area contributed by atoms with E-state index in [4.69, 9.17) is 0 Å². The number of carbonyl (C=O) groups is 1. The molecule has 1 fully saturated rings. The van der Waals surface area contributed by atoms with Crippen LogP contribution in [0.25, 0.3) is 0 Å². The highest BCUT2D eigenvalue weighted by atomic mass is 19.4. The first-order valence-electron chi connectivity index (χ1n) is 6.54. The van der Waals surface area contributed by atoms with Gasteiger partial charge in [-0.3, -0.25) is 4.79 Å². The Bertz CT molecular complexity index is 248. The van der Waals surface area contributed by atoms with Crippen molar-refractivity contribution in [2.75, 3.05) is 13.1 Å². The molecule has 1 aliphatic rings. The molecule has 0 atom stereocenters. The van der Waals surface area contributed by atoms with Crippen molar-refractivity contribution in [1.82, 2.24) is 10.6 Å². The summed E-state index contributed by atoms with van der Waals surface area (Å²) in [5.74, 6) is -0.954. The van der Waals surface area contributed by atoms with Crippen LogP contribution >= 0.6 is 0 Å². The SMILES string of the molecule is O=C(CC(F)(F)F)NCCNC1CCCCCC1. The molecule has 0 aromatic heterocycles. The smallest absolute Gasteiger partial charge is 0.355 e. The molecule has 0 saturated heterocycles. The topological polar surface area (TPSA) is 41.1 Å². The van der Waals surface area contributed by atoms with Crippen LogP contribution < -0.4 is 10.6 Å². The molecule has 0 spiro atoms. The second-order valence-electron chi connectivity index (χ2n) is 4.78. The molecule has 1 amide bonds. The second kappa shape index (κ2) is 7.61. The lowest BCUT2D eigenvalue weighted by Crippen LogP contribution is -2.38. The van der Waals surface area contributed by atoms with E-state index in [1.54, 1.807) is 0 Å². The van der Waals surface area contributed by atoms with Gasteiger partial charge in [0.15, 0.2) is 0 Å². The van der Waals surface area contributed by atoms with Gasteiger partial charge in [0.2, 0.25) is 5.91 Å². The van der Waals surface area contributed by atoms with E-state index in [1.165, 1.54) is 25.7 Å². The van der Waals surface area contributed by atoms with E-state index in [0.717, 1.165) is 12.8 Å². The summed E-state index contributed by atoms with van der Waals surface area (Å²) in [6.07, 6.45) is 1.37. The Labute approximate surface area is 106 Å². The summed E-state index contributed by atoms with van der Waals surface area (Å²) in [5.41, 5.74) is 0. The molecule has 0 unspecified atom stereocenters. The zero-order valence-electron chi connectivity index (χ0n) is 10.5. The van der Waals surface area contributed by atoms with Crippen LogP contribution in [0.3, 0.4) is 0 Å². The summed E-state index contributed by atoms with van der Waals surface area (Å²) >= 11 is 0. The first-order chi connectivity index (χ1) is 8.47. The van der Waals surface area contributed by atoms with Crippen molar-refractivity contribution in [1.29, 1.82) is 0 Å². The van der Waals surface area contributed by atoms with Crippen LogP contribution in [0.2, 0.25) is 0 Å². The van der Waals surface area contributed by atoms with Gasteiger partial charge < -0.3 is 10.6 Å². The lowest BCUT2D eigenvalue weighted by atomic mass is 10.1. The number of nitrogens with one attached hydrogen (secondary N) is 2. The van der Waals surface area contributed by atoms with Crippen molar-refractivity contribution < 1.29 is 18.0 Å². The molecule has 0 aliphatic heterocycles. The Balaban J connectivity index is 2.05. The molecule has 0 radical (unpaired) electrons. The number of carbonyl (C=O) groups excluding carboxylic acids is 1. The summed E-state index contributed by atoms with van der Waals surface area (Å²) in [7, 11) is 0. The molecule has 2 N–H and O–H groups in total. The molecule has 106 valence electrons. The average Bonchev–Trinajstić information content (AvgIpc) is 2.50. The van der Waals surface area contributed by atoms with E-state index in [2.05, 4.69) is 10.6 Å². The highest BCUT2D eigenvalue weighted by molar-refractivity contribution is 5.76. The van der Waals surface area contributed by atoms with Crippen molar-refractivity contribution >= 4 is 5.91 Å². The predicted molar refractivity (Wildman–Crippen MR) is 63.2 cm³/mol. The Morgan fingerprint density at radius 2 is 1.67 bits per heavy atom. The maximum atomic E-state index is 11.9. The van der Waals surface area contributed by atoms with Crippen LogP contribution in [0.1, 0.15) is 44.9 Å². The first kappa shape index (κ1) is 15.3. The number of hydrogen-bond acceptors (Lipinski definition) is 2. The number of amides is 1. The molecule has 6 heteroatoms. The van der Waals surface area contributed by atoms with Crippen LogP contribution in [-0.4, -0.2) is 31.2 Å². The monoisotopic (exact) mass is 266 g/mol. The van der Waals surface area contributed by atoms with Gasteiger partial charge in [-0.2, -0.15) is 13.2 Å². The molecule has 0 aromatic carbocycles. The van der Waals surface area contributed by atoms with Crippen molar-refractivity contribution in [3.8, 4) is 0 Å². The van der Waals surface area contributed by atoms with Gasteiger partial charge in [0.05, 0.1) is 0 Å². The normalized spacial score (nSPS) is 18.4. The van der Waals surface area contributed by atoms with Gasteiger partial charge in [-0.1, -0.05) is 25.7 Å². The molecule has 0 bridgehead atoms. The lowest BCUT2D eigenvalue weighted by molar-refractivity contribution is -0.153. The third-order valence-corrected chi connectivity index (χ3v) is 3.10. The summed E-state index contributed by atoms with van der Waals surface area (Å²) < 4.78 is 35.6. The van der Waals surface area contributed by atoms with Gasteiger partial charge in [-0.15, -0.1) is 0 Å². The van der Waals surface area contributed by atoms with Gasteiger partial charge in [0, 0.05) is 19.1 Å². The van der Waals surface area contributed by atoms with Crippen molar-refractivity contribution in [2.45, 2.75) is 57.2 Å². The first-order valence-corrected chi connectivity index (χ1v) is 6.54. The number of hydrogen-bond donors (Lipinski definition) is 2. The van der Waals surface area contributed by atoms with Crippen LogP contribution in [0, 0.1) is 0 Å². The van der Waals surface area contributed by atoms with Crippen LogP contribution in [-0.2, 0) is 4.79 Å². The van der Waals surface area contributed by atoms with E-state index in [1.807, 2.05) is 0 Å². The maximum absolute atomic E-state index is 11.9. The minimum Gasteiger partial charge on any atom is -0.355 e. The van der Waals surface area contributed by atoms with Gasteiger partial charge in [-0.05, 0) is 12.8 Å².